The van der Waals surface area contributed by atoms with E-state index in [1.807, 2.05) is 13.8 Å². The van der Waals surface area contributed by atoms with Gasteiger partial charge in [0.15, 0.2) is 34.8 Å². The van der Waals surface area contributed by atoms with E-state index < -0.39 is 29.1 Å². The van der Waals surface area contributed by atoms with Crippen molar-refractivity contribution >= 4 is 0 Å². The van der Waals surface area contributed by atoms with Crippen molar-refractivity contribution in [2.75, 3.05) is 0 Å². The lowest BCUT2D eigenvalue weighted by molar-refractivity contribution is 0.377. The molecule has 0 fully saturated rings. The summed E-state index contributed by atoms with van der Waals surface area (Å²) in [5.74, 6) is -5.09. The predicted octanol–water partition coefficient (Wildman–Crippen LogP) is 7.77. The summed E-state index contributed by atoms with van der Waals surface area (Å²) in [5, 5.41) is 0. The maximum atomic E-state index is 14.9. The van der Waals surface area contributed by atoms with Crippen molar-refractivity contribution in [2.45, 2.75) is 58.8 Å². The molecule has 1 nitrogen and oxygen atoms in total. The van der Waals surface area contributed by atoms with E-state index in [4.69, 9.17) is 4.74 Å². The van der Waals surface area contributed by atoms with Crippen molar-refractivity contribution in [1.29, 1.82) is 0 Å². The van der Waals surface area contributed by atoms with Gasteiger partial charge in [0.25, 0.3) is 0 Å². The first-order chi connectivity index (χ1) is 15.8. The first kappa shape index (κ1) is 23.3. The fourth-order valence-electron chi connectivity index (χ4n) is 4.35. The molecule has 0 bridgehead atoms. The summed E-state index contributed by atoms with van der Waals surface area (Å²) < 4.78 is 78.6. The molecule has 0 aliphatic carbocycles. The van der Waals surface area contributed by atoms with Crippen LogP contribution in [0.25, 0.3) is 0 Å². The molecule has 1 aliphatic rings. The minimum atomic E-state index is -1.20. The Bertz CT molecular complexity index is 1200. The van der Waals surface area contributed by atoms with Crippen molar-refractivity contribution in [1.82, 2.24) is 0 Å². The largest absolute Gasteiger partial charge is 0.450 e. The summed E-state index contributed by atoms with van der Waals surface area (Å²) in [6.45, 7) is 3.80. The molecule has 174 valence electrons. The number of halogens is 5. The monoisotopic (exact) mass is 460 g/mol. The fraction of sp³-hybridized carbons (Fsp3) is 0.333. The van der Waals surface area contributed by atoms with Gasteiger partial charge in [-0.1, -0.05) is 51.0 Å². The van der Waals surface area contributed by atoms with Crippen LogP contribution < -0.4 is 4.74 Å². The highest BCUT2D eigenvalue weighted by Gasteiger charge is 2.28. The van der Waals surface area contributed by atoms with Gasteiger partial charge < -0.3 is 4.74 Å². The van der Waals surface area contributed by atoms with E-state index in [9.17, 15) is 22.0 Å². The van der Waals surface area contributed by atoms with Gasteiger partial charge in [0, 0.05) is 17.5 Å². The highest BCUT2D eigenvalue weighted by Crippen LogP contribution is 2.42. The van der Waals surface area contributed by atoms with Gasteiger partial charge in [0.1, 0.15) is 0 Å². The Morgan fingerprint density at radius 2 is 1.06 bits per heavy atom. The van der Waals surface area contributed by atoms with E-state index >= 15 is 0 Å². The average Bonchev–Trinajstić information content (AvgIpc) is 2.81. The molecular formula is C27H25F5O. The Labute approximate surface area is 190 Å². The van der Waals surface area contributed by atoms with Crippen LogP contribution in [0.15, 0.2) is 30.3 Å². The zero-order chi connectivity index (χ0) is 23.7. The molecule has 6 heteroatoms. The Hall–Kier alpha value is -2.89. The second-order valence-electron chi connectivity index (χ2n) is 8.47. The fourth-order valence-corrected chi connectivity index (χ4v) is 4.35. The molecule has 33 heavy (non-hydrogen) atoms. The van der Waals surface area contributed by atoms with Gasteiger partial charge in [0.05, 0.1) is 0 Å². The minimum Gasteiger partial charge on any atom is -0.450 e. The molecule has 0 unspecified atom stereocenters. The number of benzene rings is 3. The lowest BCUT2D eigenvalue weighted by Gasteiger charge is -2.23. The number of rotatable bonds is 7. The van der Waals surface area contributed by atoms with E-state index in [0.29, 0.717) is 41.5 Å². The number of hydrogen-bond acceptors (Lipinski definition) is 1. The smallest absolute Gasteiger partial charge is 0.201 e. The molecule has 3 aromatic carbocycles. The van der Waals surface area contributed by atoms with E-state index in [0.717, 1.165) is 6.42 Å². The summed E-state index contributed by atoms with van der Waals surface area (Å²) in [7, 11) is 0. The van der Waals surface area contributed by atoms with Gasteiger partial charge in [-0.15, -0.1) is 0 Å². The Morgan fingerprint density at radius 1 is 0.576 bits per heavy atom. The molecule has 0 saturated carbocycles. The molecule has 0 atom stereocenters. The predicted molar refractivity (Wildman–Crippen MR) is 117 cm³/mol. The summed E-state index contributed by atoms with van der Waals surface area (Å²) in [6, 6.07) is 7.92. The zero-order valence-corrected chi connectivity index (χ0v) is 18.6. The highest BCUT2D eigenvalue weighted by atomic mass is 19.2. The first-order valence-corrected chi connectivity index (χ1v) is 11.3. The molecule has 1 heterocycles. The van der Waals surface area contributed by atoms with Gasteiger partial charge in [-0.2, -0.15) is 4.39 Å². The molecule has 0 spiro atoms. The number of aryl methyl sites for hydroxylation is 4. The van der Waals surface area contributed by atoms with Gasteiger partial charge in [-0.05, 0) is 54.0 Å². The third-order valence-corrected chi connectivity index (χ3v) is 6.10. The number of ether oxygens (including phenoxy) is 1. The molecule has 3 aromatic rings. The van der Waals surface area contributed by atoms with Crippen molar-refractivity contribution < 1.29 is 26.7 Å². The molecular weight excluding hydrogens is 435 g/mol. The Balaban J connectivity index is 1.60. The van der Waals surface area contributed by atoms with Crippen LogP contribution in [-0.4, -0.2) is 0 Å². The molecule has 1 aliphatic heterocycles. The quantitative estimate of drug-likeness (QED) is 0.256. The van der Waals surface area contributed by atoms with Crippen molar-refractivity contribution in [3.8, 4) is 11.5 Å². The van der Waals surface area contributed by atoms with Crippen LogP contribution in [0.1, 0.15) is 60.1 Å². The summed E-state index contributed by atoms with van der Waals surface area (Å²) >= 11 is 0. The normalized spacial score (nSPS) is 12.3. The topological polar surface area (TPSA) is 9.23 Å². The van der Waals surface area contributed by atoms with E-state index in [1.54, 1.807) is 12.1 Å². The summed E-state index contributed by atoms with van der Waals surface area (Å²) in [4.78, 5) is 0. The van der Waals surface area contributed by atoms with Crippen LogP contribution >= 0.6 is 0 Å². The maximum Gasteiger partial charge on any atom is 0.201 e. The van der Waals surface area contributed by atoms with Gasteiger partial charge in [0.2, 0.25) is 5.82 Å². The van der Waals surface area contributed by atoms with Crippen LogP contribution in [-0.2, 0) is 32.1 Å². The van der Waals surface area contributed by atoms with Crippen LogP contribution in [0.5, 0.6) is 11.5 Å². The van der Waals surface area contributed by atoms with Crippen LogP contribution in [0.3, 0.4) is 0 Å². The molecule has 0 N–H and O–H groups in total. The van der Waals surface area contributed by atoms with Crippen molar-refractivity contribution in [3.05, 3.63) is 92.8 Å². The standard InChI is InChI=1S/C27H25F5O/c1-3-5-15-7-8-17(22(29)21(15)28)9-11-18-13-20-14-19-12-10-16(6-4-2)24(31)26(19)33-27(20)25(32)23(18)30/h7-8,10,12-13H,3-6,9,11,14H2,1-2H3. The van der Waals surface area contributed by atoms with Crippen LogP contribution in [0.4, 0.5) is 22.0 Å². The molecule has 0 saturated heterocycles. The number of fused-ring (bicyclic) bond motifs is 2. The van der Waals surface area contributed by atoms with Crippen molar-refractivity contribution in [2.24, 2.45) is 0 Å². The van der Waals surface area contributed by atoms with Crippen LogP contribution in [0.2, 0.25) is 0 Å². The molecule has 0 radical (unpaired) electrons. The minimum absolute atomic E-state index is 0.0107. The molecule has 0 aromatic heterocycles. The van der Waals surface area contributed by atoms with E-state index in [-0.39, 0.29) is 41.9 Å². The molecule has 4 rings (SSSR count). The zero-order valence-electron chi connectivity index (χ0n) is 18.6. The SMILES string of the molecule is CCCc1ccc(CCc2cc3c(c(F)c2F)Oc2c(ccc(CCC)c2F)C3)c(F)c1F. The Kier molecular flexibility index (Phi) is 6.73. The van der Waals surface area contributed by atoms with Crippen molar-refractivity contribution in [3.63, 3.8) is 0 Å². The van der Waals surface area contributed by atoms with Crippen LogP contribution in [0, 0.1) is 29.1 Å². The van der Waals surface area contributed by atoms with Gasteiger partial charge >= 0.3 is 0 Å². The lowest BCUT2D eigenvalue weighted by Crippen LogP contribution is -2.11. The summed E-state index contributed by atoms with van der Waals surface area (Å²) in [6.07, 6.45) is 2.55. The second kappa shape index (κ2) is 9.54. The average molecular weight is 460 g/mol. The highest BCUT2D eigenvalue weighted by molar-refractivity contribution is 5.53. The number of hydrogen-bond donors (Lipinski definition) is 0. The lowest BCUT2D eigenvalue weighted by atomic mass is 9.93. The van der Waals surface area contributed by atoms with Gasteiger partial charge in [-0.25, -0.2) is 17.6 Å². The second-order valence-corrected chi connectivity index (χ2v) is 8.47. The van der Waals surface area contributed by atoms with Gasteiger partial charge in [-0.3, -0.25) is 0 Å². The van der Waals surface area contributed by atoms with E-state index in [2.05, 4.69) is 0 Å². The molecule has 0 amide bonds. The third kappa shape index (κ3) is 4.35. The summed E-state index contributed by atoms with van der Waals surface area (Å²) in [5.41, 5.74) is 1.86. The first-order valence-electron chi connectivity index (χ1n) is 11.3. The Morgan fingerprint density at radius 3 is 1.70 bits per heavy atom. The van der Waals surface area contributed by atoms with E-state index in [1.165, 1.54) is 18.2 Å². The maximum absolute atomic E-state index is 14.9. The third-order valence-electron chi connectivity index (χ3n) is 6.10.